The van der Waals surface area contributed by atoms with E-state index in [1.54, 1.807) is 19.9 Å². The molecule has 1 unspecified atom stereocenters. The normalized spacial score (nSPS) is 14.2. The van der Waals surface area contributed by atoms with Gasteiger partial charge in [0.1, 0.15) is 0 Å². The molecule has 0 aliphatic rings. The van der Waals surface area contributed by atoms with Crippen LogP contribution in [-0.2, 0) is 34.4 Å². The predicted octanol–water partition coefficient (Wildman–Crippen LogP) is 5.22. The number of hydrogen-bond acceptors (Lipinski definition) is 9. The van der Waals surface area contributed by atoms with E-state index in [4.69, 9.17) is 23.3 Å². The fourth-order valence-corrected chi connectivity index (χ4v) is 5.13. The van der Waals surface area contributed by atoms with E-state index in [-0.39, 0.29) is 40.9 Å². The number of halogens is 1. The summed E-state index contributed by atoms with van der Waals surface area (Å²) in [4.78, 5) is 37.1. The van der Waals surface area contributed by atoms with Crippen molar-refractivity contribution in [2.75, 3.05) is 26.2 Å². The first-order chi connectivity index (χ1) is 17.0. The SMILES string of the molecule is CC(C)OC(=O)OCOP(=O)(C/C=C/Cn1cc(Br)c(=O)[nH]c1=O)OCCCOC(C)(C)CC(C)(C)C. The molecule has 11 nitrogen and oxygen atoms in total. The molecule has 1 aromatic rings. The summed E-state index contributed by atoms with van der Waals surface area (Å²) in [7, 11) is -3.70. The third kappa shape index (κ3) is 14.7. The summed E-state index contributed by atoms with van der Waals surface area (Å²) in [5.41, 5.74) is -1.32. The number of ether oxygens (including phenoxy) is 3. The van der Waals surface area contributed by atoms with Crippen LogP contribution in [0.4, 0.5) is 4.79 Å². The molecule has 1 heterocycles. The van der Waals surface area contributed by atoms with E-state index in [9.17, 15) is 18.9 Å². The number of aromatic amines is 1. The largest absolute Gasteiger partial charge is 0.510 e. The van der Waals surface area contributed by atoms with Crippen molar-refractivity contribution in [1.29, 1.82) is 0 Å². The Kier molecular flexibility index (Phi) is 13.5. The zero-order valence-corrected chi connectivity index (χ0v) is 25.2. The average Bonchev–Trinajstić information content (AvgIpc) is 2.72. The Morgan fingerprint density at radius 1 is 1.14 bits per heavy atom. The Hall–Kier alpha value is -1.72. The van der Waals surface area contributed by atoms with Crippen LogP contribution < -0.4 is 11.2 Å². The number of nitrogens with one attached hydrogen (secondary N) is 1. The second-order valence-corrected chi connectivity index (χ2v) is 13.5. The van der Waals surface area contributed by atoms with Gasteiger partial charge in [-0.3, -0.25) is 23.4 Å². The Balaban J connectivity index is 2.71. The number of rotatable bonds is 15. The summed E-state index contributed by atoms with van der Waals surface area (Å²) in [5, 5.41) is 0. The van der Waals surface area contributed by atoms with Crippen LogP contribution in [0.2, 0.25) is 0 Å². The number of hydrogen-bond donors (Lipinski definition) is 1. The van der Waals surface area contributed by atoms with E-state index >= 15 is 0 Å². The second kappa shape index (κ2) is 15.0. The molecular weight excluding hydrogens is 571 g/mol. The van der Waals surface area contributed by atoms with Gasteiger partial charge in [0.15, 0.2) is 0 Å². The molecule has 0 radical (unpaired) electrons. The monoisotopic (exact) mass is 610 g/mol. The first kappa shape index (κ1) is 33.3. The van der Waals surface area contributed by atoms with Gasteiger partial charge >= 0.3 is 19.4 Å². The van der Waals surface area contributed by atoms with Crippen LogP contribution in [0.25, 0.3) is 0 Å². The van der Waals surface area contributed by atoms with Crippen molar-refractivity contribution in [3.05, 3.63) is 43.7 Å². The van der Waals surface area contributed by atoms with Crippen LogP contribution in [0.15, 0.2) is 32.4 Å². The summed E-state index contributed by atoms with van der Waals surface area (Å²) in [5.74, 6) is 0. The summed E-state index contributed by atoms with van der Waals surface area (Å²) < 4.78 is 41.2. The average molecular weight is 611 g/mol. The van der Waals surface area contributed by atoms with Gasteiger partial charge in [0.05, 0.1) is 28.9 Å². The lowest BCUT2D eigenvalue weighted by molar-refractivity contribution is -0.0471. The molecule has 0 spiro atoms. The van der Waals surface area contributed by atoms with Gasteiger partial charge in [-0.2, -0.15) is 0 Å². The van der Waals surface area contributed by atoms with E-state index < -0.39 is 31.8 Å². The maximum absolute atomic E-state index is 13.2. The Morgan fingerprint density at radius 3 is 2.43 bits per heavy atom. The topological polar surface area (TPSA) is 135 Å². The highest BCUT2D eigenvalue weighted by molar-refractivity contribution is 9.10. The maximum Gasteiger partial charge on any atom is 0.510 e. The molecule has 0 saturated heterocycles. The van der Waals surface area contributed by atoms with Gasteiger partial charge in [0.2, 0.25) is 6.79 Å². The third-order valence-electron chi connectivity index (χ3n) is 4.55. The smallest absolute Gasteiger partial charge is 0.432 e. The number of carbonyl (C=O) groups is 1. The van der Waals surface area contributed by atoms with E-state index in [0.29, 0.717) is 13.0 Å². The maximum atomic E-state index is 13.2. The van der Waals surface area contributed by atoms with E-state index in [1.165, 1.54) is 16.8 Å². The minimum atomic E-state index is -3.70. The standard InChI is InChI=1S/C24H40BrN2O9P/c1-18(2)36-22(30)32-17-35-37(31,34-13-10-12-33-24(6,7)16-23(3,4)5)14-9-8-11-27-15-19(25)20(28)26-21(27)29/h8-9,15,18H,10-14,16-17H2,1-7H3,(H,26,28,29)/b9-8+. The molecule has 1 rings (SSSR count). The number of H-pyrrole nitrogens is 1. The molecule has 0 amide bonds. The molecule has 0 aliphatic heterocycles. The fraction of sp³-hybridized carbons (Fsp3) is 0.708. The van der Waals surface area contributed by atoms with Gasteiger partial charge in [0.25, 0.3) is 5.56 Å². The summed E-state index contributed by atoms with van der Waals surface area (Å²) in [6.07, 6.45) is 4.35. The molecule has 1 aromatic heterocycles. The van der Waals surface area contributed by atoms with Gasteiger partial charge in [-0.05, 0) is 61.9 Å². The van der Waals surface area contributed by atoms with Crippen molar-refractivity contribution in [2.45, 2.75) is 79.6 Å². The quantitative estimate of drug-likeness (QED) is 0.0931. The van der Waals surface area contributed by atoms with Gasteiger partial charge in [-0.15, -0.1) is 0 Å². The zero-order valence-electron chi connectivity index (χ0n) is 22.7. The Morgan fingerprint density at radius 2 is 1.81 bits per heavy atom. The highest BCUT2D eigenvalue weighted by Gasteiger charge is 2.27. The molecule has 0 aliphatic carbocycles. The summed E-state index contributed by atoms with van der Waals surface area (Å²) >= 11 is 3.07. The first-order valence-electron chi connectivity index (χ1n) is 12.0. The molecule has 13 heteroatoms. The molecule has 0 saturated carbocycles. The predicted molar refractivity (Wildman–Crippen MR) is 144 cm³/mol. The van der Waals surface area contributed by atoms with Crippen molar-refractivity contribution < 1.29 is 32.6 Å². The minimum absolute atomic E-state index is 0.0967. The van der Waals surface area contributed by atoms with E-state index in [0.717, 1.165) is 6.42 Å². The highest BCUT2D eigenvalue weighted by atomic mass is 79.9. The molecule has 0 bridgehead atoms. The number of carbonyl (C=O) groups excluding carboxylic acids is 1. The second-order valence-electron chi connectivity index (χ2n) is 10.5. The lowest BCUT2D eigenvalue weighted by Crippen LogP contribution is -2.30. The molecule has 37 heavy (non-hydrogen) atoms. The number of aromatic nitrogens is 2. The molecule has 0 fully saturated rings. The van der Waals surface area contributed by atoms with Crippen molar-refractivity contribution in [1.82, 2.24) is 9.55 Å². The molecule has 1 N–H and O–H groups in total. The fourth-order valence-electron chi connectivity index (χ4n) is 3.47. The molecule has 212 valence electrons. The number of allylic oxidation sites excluding steroid dienone is 2. The molecule has 0 aromatic carbocycles. The zero-order chi connectivity index (χ0) is 28.3. The molecule has 1 atom stereocenters. The minimum Gasteiger partial charge on any atom is -0.432 e. The van der Waals surface area contributed by atoms with Crippen LogP contribution in [0.3, 0.4) is 0 Å². The number of nitrogens with zero attached hydrogens (tertiary/aromatic N) is 1. The van der Waals surface area contributed by atoms with Crippen LogP contribution in [-0.4, -0.2) is 53.6 Å². The van der Waals surface area contributed by atoms with Gasteiger partial charge in [-0.25, -0.2) is 9.59 Å². The summed E-state index contributed by atoms with van der Waals surface area (Å²) in [6.45, 7) is 13.8. The third-order valence-corrected chi connectivity index (χ3v) is 6.85. The van der Waals surface area contributed by atoms with Crippen LogP contribution in [0, 0.1) is 5.41 Å². The summed E-state index contributed by atoms with van der Waals surface area (Å²) in [6, 6.07) is 0. The van der Waals surface area contributed by atoms with Crippen LogP contribution in [0.5, 0.6) is 0 Å². The van der Waals surface area contributed by atoms with Crippen molar-refractivity contribution >= 4 is 29.7 Å². The van der Waals surface area contributed by atoms with Gasteiger partial charge in [0, 0.05) is 19.3 Å². The Bertz CT molecular complexity index is 1060. The lowest BCUT2D eigenvalue weighted by atomic mass is 9.84. The Labute approximate surface area is 226 Å². The highest BCUT2D eigenvalue weighted by Crippen LogP contribution is 2.48. The first-order valence-corrected chi connectivity index (χ1v) is 14.5. The van der Waals surface area contributed by atoms with E-state index in [2.05, 4.69) is 41.7 Å². The van der Waals surface area contributed by atoms with Crippen LogP contribution in [0.1, 0.15) is 61.3 Å². The molecular formula is C24H40BrN2O9P. The van der Waals surface area contributed by atoms with Crippen molar-refractivity contribution in [3.63, 3.8) is 0 Å². The van der Waals surface area contributed by atoms with Crippen molar-refractivity contribution in [3.8, 4) is 0 Å². The van der Waals surface area contributed by atoms with Gasteiger partial charge in [-0.1, -0.05) is 32.9 Å². The van der Waals surface area contributed by atoms with E-state index in [1.807, 2.05) is 13.8 Å². The van der Waals surface area contributed by atoms with Crippen LogP contribution >= 0.6 is 23.5 Å². The van der Waals surface area contributed by atoms with Crippen molar-refractivity contribution in [2.24, 2.45) is 5.41 Å². The van der Waals surface area contributed by atoms with Gasteiger partial charge < -0.3 is 18.7 Å². The lowest BCUT2D eigenvalue weighted by Gasteiger charge is -2.32.